The van der Waals surface area contributed by atoms with Crippen molar-refractivity contribution in [3.8, 4) is 0 Å². The van der Waals surface area contributed by atoms with Crippen LogP contribution in [0.15, 0.2) is 61.9 Å². The Morgan fingerprint density at radius 2 is 1.69 bits per heavy atom. The molecule has 1 aromatic heterocycles. The number of carbonyl (C=O) groups is 2. The molecule has 6 aliphatic rings. The van der Waals surface area contributed by atoms with Gasteiger partial charge in [0, 0.05) is 42.2 Å². The summed E-state index contributed by atoms with van der Waals surface area (Å²) in [5.74, 6) is 2.77. The summed E-state index contributed by atoms with van der Waals surface area (Å²) in [5.41, 5.74) is 0.827. The van der Waals surface area contributed by atoms with E-state index in [1.165, 1.54) is 18.6 Å². The summed E-state index contributed by atoms with van der Waals surface area (Å²) in [4.78, 5) is 39.9. The van der Waals surface area contributed by atoms with Crippen molar-refractivity contribution in [2.75, 3.05) is 6.54 Å². The average molecular weight is 714 g/mol. The van der Waals surface area contributed by atoms with E-state index in [9.17, 15) is 27.6 Å². The first-order chi connectivity index (χ1) is 24.8. The Kier molecular flexibility index (Phi) is 7.66. The van der Waals surface area contributed by atoms with Crippen molar-refractivity contribution in [1.82, 2.24) is 5.32 Å². The van der Waals surface area contributed by atoms with Gasteiger partial charge in [-0.15, -0.1) is 10.2 Å². The molecule has 4 aliphatic carbocycles. The number of hydrogen-bond acceptors (Lipinski definition) is 7. The molecule has 3 aromatic rings. The normalized spacial score (nSPS) is 34.4. The van der Waals surface area contributed by atoms with Gasteiger partial charge in [-0.25, -0.2) is 4.79 Å². The smallest absolute Gasteiger partial charge is 0.422 e. The number of benzene rings is 2. The van der Waals surface area contributed by atoms with Gasteiger partial charge in [-0.1, -0.05) is 50.2 Å². The number of alkyl halides is 3. The van der Waals surface area contributed by atoms with Gasteiger partial charge in [0.1, 0.15) is 17.1 Å². The molecule has 7 nitrogen and oxygen atoms in total. The first-order valence-electron chi connectivity index (χ1n) is 19.3. The molecule has 3 heterocycles. The highest BCUT2D eigenvalue weighted by molar-refractivity contribution is 5.87. The highest BCUT2D eigenvalue weighted by Crippen LogP contribution is 2.67. The highest BCUT2D eigenvalue weighted by Gasteiger charge is 2.65. The second-order valence-electron chi connectivity index (χ2n) is 17.4. The molecule has 52 heavy (non-hydrogen) atoms. The van der Waals surface area contributed by atoms with E-state index in [1.54, 1.807) is 12.1 Å². The molecule has 0 unspecified atom stereocenters. The van der Waals surface area contributed by atoms with Gasteiger partial charge in [0.25, 0.3) is 0 Å². The zero-order chi connectivity index (χ0) is 36.3. The zero-order valence-corrected chi connectivity index (χ0v) is 29.9. The second-order valence-corrected chi connectivity index (χ2v) is 17.4. The van der Waals surface area contributed by atoms with Crippen LogP contribution in [0.1, 0.15) is 106 Å². The quantitative estimate of drug-likeness (QED) is 0.258. The fourth-order valence-corrected chi connectivity index (χ4v) is 12.0. The first-order valence-corrected chi connectivity index (χ1v) is 19.3. The van der Waals surface area contributed by atoms with Gasteiger partial charge in [0.05, 0.1) is 11.1 Å². The number of aryl methyl sites for hydroxylation is 1. The van der Waals surface area contributed by atoms with Crippen LogP contribution in [0.3, 0.4) is 0 Å². The van der Waals surface area contributed by atoms with Crippen molar-refractivity contribution in [3.63, 3.8) is 0 Å². The standard InChI is InChI=1S/C42H46F3N3O4/c1-38-18-19-40(23-27(38)9-12-31-32-13-14-35(50)39(32,2)17-15-33(31)38)36-30(16-20-46-40)29-11-6-25(22-34(29)52-37(36)51)21-28(49)10-5-24-3-7-26(8-4-24)41(47-48-41)42(43,44)45/h3-4,6-8,11,22,27,31-33,46H,5,9-10,12-21,23H2,1-2H3/t27-,31-,32-,33-,38-,39-,40+/m0/s1. The molecule has 0 radical (unpaired) electrons. The van der Waals surface area contributed by atoms with Gasteiger partial charge in [-0.2, -0.15) is 13.2 Å². The molecule has 2 aliphatic heterocycles. The number of nitrogens with zero attached hydrogens (tertiary/aromatic N) is 2. The van der Waals surface area contributed by atoms with Crippen LogP contribution in [0.4, 0.5) is 13.2 Å². The van der Waals surface area contributed by atoms with E-state index in [0.29, 0.717) is 41.5 Å². The topological polar surface area (TPSA) is 101 Å². The van der Waals surface area contributed by atoms with Crippen LogP contribution in [-0.4, -0.2) is 24.3 Å². The largest absolute Gasteiger partial charge is 0.442 e. The zero-order valence-electron chi connectivity index (χ0n) is 29.9. The molecule has 7 atom stereocenters. The van der Waals surface area contributed by atoms with E-state index in [-0.39, 0.29) is 40.6 Å². The van der Waals surface area contributed by atoms with Crippen LogP contribution >= 0.6 is 0 Å². The van der Waals surface area contributed by atoms with Crippen LogP contribution in [-0.2, 0) is 40.1 Å². The minimum absolute atomic E-state index is 0.00654. The summed E-state index contributed by atoms with van der Waals surface area (Å²) >= 11 is 0. The molecular formula is C42H46F3N3O4. The summed E-state index contributed by atoms with van der Waals surface area (Å²) in [7, 11) is 0. The molecule has 0 saturated heterocycles. The highest BCUT2D eigenvalue weighted by atomic mass is 19.4. The molecule has 9 rings (SSSR count). The van der Waals surface area contributed by atoms with E-state index in [0.717, 1.165) is 92.0 Å². The number of hydrogen-bond donors (Lipinski definition) is 1. The second kappa shape index (κ2) is 11.7. The van der Waals surface area contributed by atoms with Crippen LogP contribution in [0.25, 0.3) is 11.0 Å². The minimum Gasteiger partial charge on any atom is -0.422 e. The first kappa shape index (κ1) is 34.1. The molecule has 4 saturated carbocycles. The third-order valence-electron chi connectivity index (χ3n) is 15.0. The van der Waals surface area contributed by atoms with Crippen molar-refractivity contribution >= 4 is 22.5 Å². The van der Waals surface area contributed by atoms with Crippen LogP contribution < -0.4 is 10.9 Å². The Hall–Kier alpha value is -3.66. The number of fused-ring (bicyclic) bond motifs is 9. The lowest BCUT2D eigenvalue weighted by Gasteiger charge is -2.62. The Labute approximate surface area is 301 Å². The molecule has 1 N–H and O–H groups in total. The number of carbonyl (C=O) groups excluding carboxylic acids is 2. The average Bonchev–Trinajstić information content (AvgIpc) is 3.88. The lowest BCUT2D eigenvalue weighted by atomic mass is 9.43. The van der Waals surface area contributed by atoms with E-state index < -0.39 is 17.4 Å². The number of Topliss-reactive ketones (excluding diaryl/α,β-unsaturated/α-hetero) is 2. The van der Waals surface area contributed by atoms with Gasteiger partial charge in [0.2, 0.25) is 0 Å². The summed E-state index contributed by atoms with van der Waals surface area (Å²) in [6.07, 6.45) is 6.15. The Balaban J connectivity index is 0.900. The molecule has 4 fully saturated rings. The van der Waals surface area contributed by atoms with Crippen LogP contribution in [0.5, 0.6) is 0 Å². The van der Waals surface area contributed by atoms with Crippen molar-refractivity contribution in [2.45, 2.75) is 115 Å². The van der Waals surface area contributed by atoms with Crippen molar-refractivity contribution in [2.24, 2.45) is 44.7 Å². The van der Waals surface area contributed by atoms with Crippen molar-refractivity contribution in [3.05, 3.63) is 80.7 Å². The lowest BCUT2D eigenvalue weighted by Crippen LogP contribution is -2.60. The van der Waals surface area contributed by atoms with Crippen LogP contribution in [0.2, 0.25) is 0 Å². The third-order valence-corrected chi connectivity index (χ3v) is 15.0. The lowest BCUT2D eigenvalue weighted by molar-refractivity contribution is -0.166. The molecule has 1 spiro atoms. The van der Waals surface area contributed by atoms with Crippen LogP contribution in [0, 0.1) is 34.5 Å². The van der Waals surface area contributed by atoms with Crippen molar-refractivity contribution < 1.29 is 27.2 Å². The third kappa shape index (κ3) is 5.05. The molecule has 0 amide bonds. The predicted octanol–water partition coefficient (Wildman–Crippen LogP) is 8.67. The summed E-state index contributed by atoms with van der Waals surface area (Å²) in [6, 6.07) is 11.7. The van der Waals surface area contributed by atoms with Gasteiger partial charge < -0.3 is 9.73 Å². The monoisotopic (exact) mass is 713 g/mol. The number of nitrogens with one attached hydrogen (secondary N) is 1. The molecule has 0 bridgehead atoms. The van der Waals surface area contributed by atoms with E-state index in [2.05, 4.69) is 29.4 Å². The van der Waals surface area contributed by atoms with E-state index in [1.807, 2.05) is 18.2 Å². The Morgan fingerprint density at radius 3 is 2.44 bits per heavy atom. The fourth-order valence-electron chi connectivity index (χ4n) is 12.0. The molecule has 2 aromatic carbocycles. The summed E-state index contributed by atoms with van der Waals surface area (Å²) in [5, 5.41) is 11.3. The van der Waals surface area contributed by atoms with E-state index >= 15 is 0 Å². The van der Waals surface area contributed by atoms with E-state index in [4.69, 9.17) is 4.42 Å². The summed E-state index contributed by atoms with van der Waals surface area (Å²) in [6.45, 7) is 5.56. The predicted molar refractivity (Wildman–Crippen MR) is 189 cm³/mol. The van der Waals surface area contributed by atoms with Gasteiger partial charge in [-0.3, -0.25) is 9.59 Å². The molecule has 274 valence electrons. The molecular weight excluding hydrogens is 667 g/mol. The minimum atomic E-state index is -4.57. The van der Waals surface area contributed by atoms with Gasteiger partial charge in [0.15, 0.2) is 0 Å². The maximum Gasteiger partial charge on any atom is 0.442 e. The van der Waals surface area contributed by atoms with Crippen molar-refractivity contribution in [1.29, 1.82) is 0 Å². The fraction of sp³-hybridized carbons (Fsp3) is 0.595. The number of rotatable bonds is 6. The van der Waals surface area contributed by atoms with Gasteiger partial charge in [-0.05, 0) is 116 Å². The Morgan fingerprint density at radius 1 is 0.923 bits per heavy atom. The summed E-state index contributed by atoms with van der Waals surface area (Å²) < 4.78 is 46.1. The maximum absolute atomic E-state index is 14.0. The SMILES string of the molecule is C[C@]12CC[C@]3(C[C@@H]1CC[C@@H]1[C@@H]2CC[C@]2(C)C(=O)CC[C@@H]12)NCCc1c3c(=O)oc2cc(CC(=O)CCc3ccc(C4(C(F)(F)F)N=N4)cc3)ccc12. The number of halogens is 3. The molecule has 10 heteroatoms. The maximum atomic E-state index is 14.0. The van der Waals surface area contributed by atoms with Gasteiger partial charge >= 0.3 is 17.5 Å². The Bertz CT molecular complexity index is 2070. The number of ketones is 2.